The van der Waals surface area contributed by atoms with Gasteiger partial charge in [0.25, 0.3) is 11.8 Å². The molecule has 3 rings (SSSR count). The minimum absolute atomic E-state index is 0.106. The molecule has 1 unspecified atom stereocenters. The quantitative estimate of drug-likeness (QED) is 0.692. The van der Waals surface area contributed by atoms with Crippen LogP contribution in [0.4, 0.5) is 0 Å². The number of ether oxygens (including phenoxy) is 2. The summed E-state index contributed by atoms with van der Waals surface area (Å²) < 4.78 is 11.9. The molecular weight excluding hydrogens is 372 g/mol. The van der Waals surface area contributed by atoms with Crippen molar-refractivity contribution in [3.05, 3.63) is 46.2 Å². The van der Waals surface area contributed by atoms with Crippen LogP contribution in [-0.4, -0.2) is 55.0 Å². The first-order valence-electron chi connectivity index (χ1n) is 8.50. The maximum absolute atomic E-state index is 12.5. The van der Waals surface area contributed by atoms with Crippen molar-refractivity contribution in [1.29, 1.82) is 0 Å². The van der Waals surface area contributed by atoms with Gasteiger partial charge in [0.2, 0.25) is 0 Å². The topological polar surface area (TPSA) is 94.5 Å². The number of methoxy groups -OCH3 is 2. The molecule has 1 aromatic heterocycles. The number of hydrogen-bond acceptors (Lipinski definition) is 5. The van der Waals surface area contributed by atoms with Crippen molar-refractivity contribution in [2.45, 2.75) is 19.0 Å². The molecule has 0 fully saturated rings. The number of carbonyl (C=O) groups excluding carboxylic acids is 2. The van der Waals surface area contributed by atoms with Gasteiger partial charge in [-0.15, -0.1) is 0 Å². The Balaban J connectivity index is 1.60. The van der Waals surface area contributed by atoms with Gasteiger partial charge in [0.1, 0.15) is 11.4 Å². The summed E-state index contributed by atoms with van der Waals surface area (Å²) in [5, 5.41) is 10.5. The maximum Gasteiger partial charge on any atom is 0.271 e. The van der Waals surface area contributed by atoms with Gasteiger partial charge in [0, 0.05) is 30.8 Å². The highest BCUT2D eigenvalue weighted by molar-refractivity contribution is 6.30. The smallest absolute Gasteiger partial charge is 0.271 e. The van der Waals surface area contributed by atoms with Crippen molar-refractivity contribution < 1.29 is 19.1 Å². The molecule has 2 heterocycles. The fraction of sp³-hybridized carbons (Fsp3) is 0.389. The Morgan fingerprint density at radius 1 is 1.30 bits per heavy atom. The Hall–Kier alpha value is -2.58. The van der Waals surface area contributed by atoms with E-state index in [1.54, 1.807) is 36.1 Å². The molecule has 2 amide bonds. The molecule has 27 heavy (non-hydrogen) atoms. The fourth-order valence-electron chi connectivity index (χ4n) is 2.98. The largest absolute Gasteiger partial charge is 0.496 e. The van der Waals surface area contributed by atoms with Crippen molar-refractivity contribution in [2.24, 2.45) is 0 Å². The fourth-order valence-corrected chi connectivity index (χ4v) is 3.15. The lowest BCUT2D eigenvalue weighted by Crippen LogP contribution is -2.36. The van der Waals surface area contributed by atoms with E-state index in [2.05, 4.69) is 15.7 Å². The molecule has 144 valence electrons. The molecule has 2 N–H and O–H groups in total. The van der Waals surface area contributed by atoms with Crippen molar-refractivity contribution in [1.82, 2.24) is 20.4 Å². The van der Waals surface area contributed by atoms with Crippen molar-refractivity contribution in [2.75, 3.05) is 27.4 Å². The first-order valence-corrected chi connectivity index (χ1v) is 8.88. The number of halogens is 1. The van der Waals surface area contributed by atoms with E-state index < -0.39 is 0 Å². The summed E-state index contributed by atoms with van der Waals surface area (Å²) in [5.74, 6) is -0.0528. The predicted molar refractivity (Wildman–Crippen MR) is 99.4 cm³/mol. The van der Waals surface area contributed by atoms with Crippen LogP contribution in [0.2, 0.25) is 5.02 Å². The number of aromatic nitrogens is 2. The number of amides is 2. The van der Waals surface area contributed by atoms with Gasteiger partial charge >= 0.3 is 0 Å². The number of rotatable bonds is 7. The Morgan fingerprint density at radius 2 is 2.11 bits per heavy atom. The first-order chi connectivity index (χ1) is 13.0. The molecule has 1 aromatic carbocycles. The molecule has 0 saturated heterocycles. The highest BCUT2D eigenvalue weighted by atomic mass is 35.5. The van der Waals surface area contributed by atoms with Crippen LogP contribution < -0.4 is 15.4 Å². The lowest BCUT2D eigenvalue weighted by Gasteiger charge is -2.14. The van der Waals surface area contributed by atoms with Gasteiger partial charge in [-0.25, -0.2) is 0 Å². The second-order valence-electron chi connectivity index (χ2n) is 6.17. The third kappa shape index (κ3) is 4.40. The third-order valence-corrected chi connectivity index (χ3v) is 4.52. The van der Waals surface area contributed by atoms with Gasteiger partial charge in [-0.2, -0.15) is 5.10 Å². The molecule has 1 aliphatic rings. The zero-order chi connectivity index (χ0) is 19.4. The number of benzene rings is 1. The summed E-state index contributed by atoms with van der Waals surface area (Å²) in [7, 11) is 3.07. The van der Waals surface area contributed by atoms with Crippen LogP contribution in [0.3, 0.4) is 0 Å². The molecule has 2 aromatic rings. The van der Waals surface area contributed by atoms with Gasteiger partial charge in [-0.05, 0) is 24.3 Å². The number of hydrogen-bond donors (Lipinski definition) is 2. The van der Waals surface area contributed by atoms with Gasteiger partial charge < -0.3 is 20.1 Å². The molecule has 8 nitrogen and oxygen atoms in total. The summed E-state index contributed by atoms with van der Waals surface area (Å²) in [6, 6.07) is 6.52. The van der Waals surface area contributed by atoms with E-state index in [9.17, 15) is 9.59 Å². The molecular formula is C18H21ClN4O4. The van der Waals surface area contributed by atoms with Crippen LogP contribution in [0.25, 0.3) is 0 Å². The molecule has 0 aliphatic carbocycles. The molecule has 0 bridgehead atoms. The average Bonchev–Trinajstić information content (AvgIpc) is 3.20. The zero-order valence-electron chi connectivity index (χ0n) is 15.1. The standard InChI is InChI=1S/C18H21ClN4O4/c1-26-6-5-20-18(25)15-9-13-8-12(10-23(13)22-15)21-17(24)14-4-3-11(19)7-16(14)27-2/h3-4,7,9,12H,5-6,8,10H2,1-2H3,(H,20,25)(H,21,24). The average molecular weight is 393 g/mol. The number of nitrogens with zero attached hydrogens (tertiary/aromatic N) is 2. The SMILES string of the molecule is COCCNC(=O)c1cc2n(n1)CC(NC(=O)c1ccc(Cl)cc1OC)C2. The van der Waals surface area contributed by atoms with E-state index in [4.69, 9.17) is 21.1 Å². The Kier molecular flexibility index (Phi) is 5.98. The Labute approximate surface area is 161 Å². The second kappa shape index (κ2) is 8.41. The molecule has 9 heteroatoms. The van der Waals surface area contributed by atoms with E-state index in [0.29, 0.717) is 48.1 Å². The highest BCUT2D eigenvalue weighted by Gasteiger charge is 2.27. The van der Waals surface area contributed by atoms with E-state index in [1.165, 1.54) is 7.11 Å². The summed E-state index contributed by atoms with van der Waals surface area (Å²) in [4.78, 5) is 24.6. The van der Waals surface area contributed by atoms with Gasteiger partial charge in [0.15, 0.2) is 0 Å². The van der Waals surface area contributed by atoms with Crippen molar-refractivity contribution >= 4 is 23.4 Å². The monoisotopic (exact) mass is 392 g/mol. The van der Waals surface area contributed by atoms with Crippen LogP contribution in [0.15, 0.2) is 24.3 Å². The van der Waals surface area contributed by atoms with Gasteiger partial charge in [-0.1, -0.05) is 11.6 Å². The number of carbonyl (C=O) groups is 2. The molecule has 1 aliphatic heterocycles. The minimum Gasteiger partial charge on any atom is -0.496 e. The Morgan fingerprint density at radius 3 is 2.81 bits per heavy atom. The van der Waals surface area contributed by atoms with Crippen LogP contribution in [0.1, 0.15) is 26.5 Å². The predicted octanol–water partition coefficient (Wildman–Crippen LogP) is 1.28. The zero-order valence-corrected chi connectivity index (χ0v) is 15.9. The van der Waals surface area contributed by atoms with E-state index >= 15 is 0 Å². The van der Waals surface area contributed by atoms with E-state index in [0.717, 1.165) is 5.69 Å². The molecule has 0 saturated carbocycles. The lowest BCUT2D eigenvalue weighted by molar-refractivity contribution is 0.0920. The first kappa shape index (κ1) is 19.2. The lowest BCUT2D eigenvalue weighted by atomic mass is 10.1. The third-order valence-electron chi connectivity index (χ3n) is 4.28. The number of fused-ring (bicyclic) bond motifs is 1. The van der Waals surface area contributed by atoms with Crippen LogP contribution in [0, 0.1) is 0 Å². The molecule has 1 atom stereocenters. The van der Waals surface area contributed by atoms with Crippen LogP contribution in [0.5, 0.6) is 5.75 Å². The van der Waals surface area contributed by atoms with Crippen molar-refractivity contribution in [3.63, 3.8) is 0 Å². The van der Waals surface area contributed by atoms with Crippen LogP contribution in [-0.2, 0) is 17.7 Å². The maximum atomic E-state index is 12.5. The highest BCUT2D eigenvalue weighted by Crippen LogP contribution is 2.24. The Bertz CT molecular complexity index is 828. The summed E-state index contributed by atoms with van der Waals surface area (Å²) in [5.41, 5.74) is 1.69. The summed E-state index contributed by atoms with van der Waals surface area (Å²) in [6.45, 7) is 1.38. The van der Waals surface area contributed by atoms with Crippen molar-refractivity contribution in [3.8, 4) is 5.75 Å². The molecule has 0 radical (unpaired) electrons. The number of nitrogens with one attached hydrogen (secondary N) is 2. The molecule has 0 spiro atoms. The van der Waals surface area contributed by atoms with E-state index in [-0.39, 0.29) is 17.9 Å². The van der Waals surface area contributed by atoms with Gasteiger partial charge in [-0.3, -0.25) is 14.3 Å². The van der Waals surface area contributed by atoms with Gasteiger partial charge in [0.05, 0.1) is 31.9 Å². The summed E-state index contributed by atoms with van der Waals surface area (Å²) >= 11 is 5.93. The second-order valence-corrected chi connectivity index (χ2v) is 6.61. The van der Waals surface area contributed by atoms with Crippen LogP contribution >= 0.6 is 11.6 Å². The summed E-state index contributed by atoms with van der Waals surface area (Å²) in [6.07, 6.45) is 0.597. The minimum atomic E-state index is -0.239. The normalized spacial score (nSPS) is 15.3. The van der Waals surface area contributed by atoms with E-state index in [1.807, 2.05) is 0 Å².